The molecule has 0 aromatic carbocycles. The molecule has 4 atom stereocenters. The van der Waals surface area contributed by atoms with E-state index in [-0.39, 0.29) is 36.4 Å². The molecule has 0 aromatic heterocycles. The largest absolute Gasteiger partial charge is 0.511 e. The minimum absolute atomic E-state index is 0.0967. The number of ether oxygens (including phenoxy) is 2. The van der Waals surface area contributed by atoms with Crippen LogP contribution < -0.4 is 0 Å². The van der Waals surface area contributed by atoms with Crippen LogP contribution in [0.2, 0.25) is 0 Å². The van der Waals surface area contributed by atoms with Crippen molar-refractivity contribution in [3.63, 3.8) is 0 Å². The van der Waals surface area contributed by atoms with Crippen molar-refractivity contribution >= 4 is 18.2 Å². The van der Waals surface area contributed by atoms with Gasteiger partial charge in [-0.2, -0.15) is 0 Å². The third-order valence-corrected chi connectivity index (χ3v) is 4.58. The van der Waals surface area contributed by atoms with E-state index in [9.17, 15) is 19.5 Å². The molecule has 122 valence electrons. The van der Waals surface area contributed by atoms with Crippen molar-refractivity contribution in [2.45, 2.75) is 33.1 Å². The molecular weight excluding hydrogens is 288 g/mol. The van der Waals surface area contributed by atoms with E-state index in [1.54, 1.807) is 13.8 Å². The summed E-state index contributed by atoms with van der Waals surface area (Å²) >= 11 is 0. The highest BCUT2D eigenvalue weighted by Crippen LogP contribution is 2.49. The summed E-state index contributed by atoms with van der Waals surface area (Å²) in [5, 5.41) is 10.5. The lowest BCUT2D eigenvalue weighted by molar-refractivity contribution is -0.155. The van der Waals surface area contributed by atoms with Crippen LogP contribution in [0.25, 0.3) is 0 Å². The molecule has 2 aliphatic rings. The molecule has 2 rings (SSSR count). The number of hydrogen-bond acceptors (Lipinski definition) is 6. The second-order valence-electron chi connectivity index (χ2n) is 5.66. The van der Waals surface area contributed by atoms with E-state index in [2.05, 4.69) is 0 Å². The minimum atomic E-state index is -1.07. The molecule has 6 heteroatoms. The van der Waals surface area contributed by atoms with Gasteiger partial charge in [-0.05, 0) is 32.6 Å². The maximum atomic E-state index is 12.3. The molecule has 0 aromatic rings. The van der Waals surface area contributed by atoms with Crippen LogP contribution in [0.15, 0.2) is 11.3 Å². The maximum absolute atomic E-state index is 12.3. The van der Waals surface area contributed by atoms with Gasteiger partial charge in [0.1, 0.15) is 18.0 Å². The van der Waals surface area contributed by atoms with Gasteiger partial charge in [-0.25, -0.2) is 4.79 Å². The molecule has 1 fully saturated rings. The van der Waals surface area contributed by atoms with Crippen LogP contribution in [-0.4, -0.2) is 36.5 Å². The van der Waals surface area contributed by atoms with E-state index in [0.717, 1.165) is 19.1 Å². The van der Waals surface area contributed by atoms with Gasteiger partial charge in [0.2, 0.25) is 0 Å². The number of aliphatic hydroxyl groups is 1. The topological polar surface area (TPSA) is 89.9 Å². The standard InChI is InChI=1S/C16H22O6/c1-3-21-15(19)12-11(8-17)9-6-5-7-10(9)14(18)13(12)16(20)22-4-2/h8-12,18H,3-7H2,1-2H3/t9-,10+,11?,12+/m0/s1. The number of aldehydes is 1. The number of esters is 2. The number of aliphatic hydroxyl groups excluding tert-OH is 1. The summed E-state index contributed by atoms with van der Waals surface area (Å²) in [6.45, 7) is 3.58. The smallest absolute Gasteiger partial charge is 0.338 e. The zero-order valence-electron chi connectivity index (χ0n) is 12.9. The molecule has 0 amide bonds. The lowest BCUT2D eigenvalue weighted by Gasteiger charge is -2.36. The lowest BCUT2D eigenvalue weighted by atomic mass is 9.68. The second kappa shape index (κ2) is 6.94. The molecule has 1 unspecified atom stereocenters. The van der Waals surface area contributed by atoms with Crippen molar-refractivity contribution < 1.29 is 29.0 Å². The zero-order chi connectivity index (χ0) is 16.3. The van der Waals surface area contributed by atoms with Gasteiger partial charge in [-0.1, -0.05) is 6.42 Å². The zero-order valence-corrected chi connectivity index (χ0v) is 12.9. The predicted molar refractivity (Wildman–Crippen MR) is 76.8 cm³/mol. The first-order valence-corrected chi connectivity index (χ1v) is 7.78. The first-order chi connectivity index (χ1) is 10.6. The van der Waals surface area contributed by atoms with Crippen molar-refractivity contribution in [1.82, 2.24) is 0 Å². The normalized spacial score (nSPS) is 30.6. The van der Waals surface area contributed by atoms with Crippen molar-refractivity contribution in [3.05, 3.63) is 11.3 Å². The third kappa shape index (κ3) is 2.74. The Labute approximate surface area is 129 Å². The van der Waals surface area contributed by atoms with Crippen molar-refractivity contribution in [2.75, 3.05) is 13.2 Å². The summed E-state index contributed by atoms with van der Waals surface area (Å²) in [5.74, 6) is -3.59. The summed E-state index contributed by atoms with van der Waals surface area (Å²) in [6, 6.07) is 0. The Morgan fingerprint density at radius 3 is 2.50 bits per heavy atom. The molecule has 1 N–H and O–H groups in total. The highest BCUT2D eigenvalue weighted by Gasteiger charge is 2.52. The van der Waals surface area contributed by atoms with Crippen LogP contribution in [0.4, 0.5) is 0 Å². The first-order valence-electron chi connectivity index (χ1n) is 7.78. The number of carbonyl (C=O) groups excluding carboxylic acids is 3. The third-order valence-electron chi connectivity index (χ3n) is 4.58. The van der Waals surface area contributed by atoms with E-state index >= 15 is 0 Å². The van der Waals surface area contributed by atoms with Gasteiger partial charge in [-0.3, -0.25) is 4.79 Å². The Hall–Kier alpha value is -1.85. The number of hydrogen-bond donors (Lipinski definition) is 1. The Morgan fingerprint density at radius 2 is 1.91 bits per heavy atom. The van der Waals surface area contributed by atoms with Gasteiger partial charge >= 0.3 is 11.9 Å². The monoisotopic (exact) mass is 310 g/mol. The molecule has 6 nitrogen and oxygen atoms in total. The van der Waals surface area contributed by atoms with Gasteiger partial charge in [-0.15, -0.1) is 0 Å². The fourth-order valence-corrected chi connectivity index (χ4v) is 3.71. The second-order valence-corrected chi connectivity index (χ2v) is 5.66. The Balaban J connectivity index is 2.49. The Morgan fingerprint density at radius 1 is 1.23 bits per heavy atom. The highest BCUT2D eigenvalue weighted by atomic mass is 16.5. The van der Waals surface area contributed by atoms with Crippen LogP contribution in [-0.2, 0) is 23.9 Å². The highest BCUT2D eigenvalue weighted by molar-refractivity contribution is 5.98. The van der Waals surface area contributed by atoms with Crippen molar-refractivity contribution in [2.24, 2.45) is 23.7 Å². The fourth-order valence-electron chi connectivity index (χ4n) is 3.71. The van der Waals surface area contributed by atoms with Crippen LogP contribution >= 0.6 is 0 Å². The van der Waals surface area contributed by atoms with E-state index in [4.69, 9.17) is 9.47 Å². The summed E-state index contributed by atoms with van der Waals surface area (Å²) in [5.41, 5.74) is -0.0967. The van der Waals surface area contributed by atoms with Crippen LogP contribution in [0.3, 0.4) is 0 Å². The van der Waals surface area contributed by atoms with Crippen LogP contribution in [0.1, 0.15) is 33.1 Å². The molecule has 0 saturated heterocycles. The number of carbonyl (C=O) groups is 3. The summed E-state index contributed by atoms with van der Waals surface area (Å²) in [4.78, 5) is 36.1. The van der Waals surface area contributed by atoms with E-state index < -0.39 is 23.8 Å². The van der Waals surface area contributed by atoms with Gasteiger partial charge in [0.05, 0.1) is 18.8 Å². The molecule has 2 aliphatic carbocycles. The number of allylic oxidation sites excluding steroid dienone is 1. The molecule has 1 saturated carbocycles. The average Bonchev–Trinajstić information content (AvgIpc) is 2.97. The number of fused-ring (bicyclic) bond motifs is 1. The van der Waals surface area contributed by atoms with E-state index in [1.165, 1.54) is 0 Å². The molecule has 0 spiro atoms. The van der Waals surface area contributed by atoms with Crippen molar-refractivity contribution in [1.29, 1.82) is 0 Å². The van der Waals surface area contributed by atoms with E-state index in [1.807, 2.05) is 0 Å². The summed E-state index contributed by atoms with van der Waals surface area (Å²) in [7, 11) is 0. The molecule has 0 radical (unpaired) electrons. The number of rotatable bonds is 5. The van der Waals surface area contributed by atoms with Gasteiger partial charge < -0.3 is 19.4 Å². The SMILES string of the molecule is CCOC(=O)C1=C(O)[C@@H]2CCC[C@@H]2C(C=O)[C@H]1C(=O)OCC. The van der Waals surface area contributed by atoms with Crippen LogP contribution in [0, 0.1) is 23.7 Å². The van der Waals surface area contributed by atoms with Crippen molar-refractivity contribution in [3.8, 4) is 0 Å². The molecule has 0 heterocycles. The van der Waals surface area contributed by atoms with Crippen LogP contribution in [0.5, 0.6) is 0 Å². The molecule has 0 bridgehead atoms. The minimum Gasteiger partial charge on any atom is -0.511 e. The first kappa shape index (κ1) is 16.5. The average molecular weight is 310 g/mol. The molecular formula is C16H22O6. The lowest BCUT2D eigenvalue weighted by Crippen LogP contribution is -2.42. The quantitative estimate of drug-likeness (QED) is 0.615. The summed E-state index contributed by atoms with van der Waals surface area (Å²) in [6.07, 6.45) is 3.04. The summed E-state index contributed by atoms with van der Waals surface area (Å²) < 4.78 is 9.99. The molecule has 0 aliphatic heterocycles. The van der Waals surface area contributed by atoms with Gasteiger partial charge in [0.15, 0.2) is 0 Å². The van der Waals surface area contributed by atoms with Gasteiger partial charge in [0.25, 0.3) is 0 Å². The Kier molecular flexibility index (Phi) is 5.21. The maximum Gasteiger partial charge on any atom is 0.338 e. The molecule has 22 heavy (non-hydrogen) atoms. The van der Waals surface area contributed by atoms with E-state index in [0.29, 0.717) is 6.42 Å². The van der Waals surface area contributed by atoms with Gasteiger partial charge in [0, 0.05) is 11.8 Å². The Bertz CT molecular complexity index is 495. The predicted octanol–water partition coefficient (Wildman–Crippen LogP) is 1.79. The fraction of sp³-hybridized carbons (Fsp3) is 0.688.